The van der Waals surface area contributed by atoms with Crippen LogP contribution < -0.4 is 11.1 Å². The molecule has 10 nitrogen and oxygen atoms in total. The predicted molar refractivity (Wildman–Crippen MR) is 121 cm³/mol. The van der Waals surface area contributed by atoms with Gasteiger partial charge in [-0.3, -0.25) is 19.0 Å². The Hall–Kier alpha value is -1.29. The van der Waals surface area contributed by atoms with Gasteiger partial charge in [-0.1, -0.05) is 21.3 Å². The quantitative estimate of drug-likeness (QED) is 0.619. The van der Waals surface area contributed by atoms with Crippen molar-refractivity contribution in [3.8, 4) is 0 Å². The fourth-order valence-corrected chi connectivity index (χ4v) is 5.47. The maximum atomic E-state index is 13.2. The van der Waals surface area contributed by atoms with E-state index < -0.39 is 13.7 Å². The molecule has 0 aliphatic carbocycles. The molecule has 172 valence electrons. The van der Waals surface area contributed by atoms with E-state index in [1.54, 1.807) is 31.4 Å². The molecule has 0 aromatic carbocycles. The normalized spacial score (nSPS) is 26.4. The van der Waals surface area contributed by atoms with Gasteiger partial charge in [0.25, 0.3) is 7.52 Å². The number of aromatic nitrogens is 2. The van der Waals surface area contributed by atoms with Gasteiger partial charge in [0.1, 0.15) is 23.9 Å². The molecule has 0 bridgehead atoms. The summed E-state index contributed by atoms with van der Waals surface area (Å²) in [5.41, 5.74) is 6.63. The second-order valence-corrected chi connectivity index (χ2v) is 11.5. The Labute approximate surface area is 180 Å². The van der Waals surface area contributed by atoms with Crippen LogP contribution >= 0.6 is 7.52 Å². The fourth-order valence-electron chi connectivity index (χ4n) is 3.64. The Morgan fingerprint density at radius 2 is 2.07 bits per heavy atom. The standard InChI is InChI=1S/C18H34N7O3P.CH4/c1-12(2)24-7-14(9-27-29(26,13(3)4)23(5)6)28-15(8-24)25-11-22-16-17(19)20-10-21-18(16)25;/h10-15,17H,7-9,19H2,1-6H3,(H,20,21);1H4/t14-,15+,17?,29?;/m0./s1. The third-order valence-electron chi connectivity index (χ3n) is 5.41. The van der Waals surface area contributed by atoms with E-state index in [2.05, 4.69) is 34.0 Å². The molecule has 3 N–H and O–H groups in total. The largest absolute Gasteiger partial charge is 0.350 e. The lowest BCUT2D eigenvalue weighted by Crippen LogP contribution is -2.50. The number of nitrogens with two attached hydrogens (primary N) is 1. The molecule has 0 spiro atoms. The molecule has 2 unspecified atom stereocenters. The molecule has 1 saturated heterocycles. The van der Waals surface area contributed by atoms with E-state index in [9.17, 15) is 4.57 Å². The minimum absolute atomic E-state index is 0. The number of hydrogen-bond donors (Lipinski definition) is 2. The van der Waals surface area contributed by atoms with Gasteiger partial charge < -0.3 is 20.3 Å². The summed E-state index contributed by atoms with van der Waals surface area (Å²) in [7, 11) is 0.672. The Bertz CT molecular complexity index is 768. The van der Waals surface area contributed by atoms with Gasteiger partial charge in [0.2, 0.25) is 0 Å². The topological polar surface area (TPSA) is 110 Å². The molecule has 11 heteroatoms. The maximum absolute atomic E-state index is 13.2. The molecule has 0 amide bonds. The van der Waals surface area contributed by atoms with Crippen LogP contribution in [0.25, 0.3) is 0 Å². The average Bonchev–Trinajstić information content (AvgIpc) is 3.11. The monoisotopic (exact) mass is 443 g/mol. The summed E-state index contributed by atoms with van der Waals surface area (Å²) in [5.74, 6) is 0.795. The van der Waals surface area contributed by atoms with Crippen LogP contribution in [-0.4, -0.2) is 77.1 Å². The lowest BCUT2D eigenvalue weighted by atomic mass is 10.2. The molecule has 1 fully saturated rings. The minimum atomic E-state index is -2.91. The molecule has 4 atom stereocenters. The van der Waals surface area contributed by atoms with Crippen molar-refractivity contribution < 1.29 is 13.8 Å². The molecule has 0 saturated carbocycles. The van der Waals surface area contributed by atoms with Crippen LogP contribution in [-0.2, 0) is 13.8 Å². The van der Waals surface area contributed by atoms with Crippen molar-refractivity contribution in [3.05, 3.63) is 12.0 Å². The van der Waals surface area contributed by atoms with E-state index in [1.807, 2.05) is 18.4 Å². The van der Waals surface area contributed by atoms with Crippen molar-refractivity contribution in [3.63, 3.8) is 0 Å². The smallest absolute Gasteiger partial charge is 0.274 e. The average molecular weight is 444 g/mol. The van der Waals surface area contributed by atoms with Crippen molar-refractivity contribution in [2.24, 2.45) is 10.7 Å². The van der Waals surface area contributed by atoms with Gasteiger partial charge in [-0.15, -0.1) is 0 Å². The summed E-state index contributed by atoms with van der Waals surface area (Å²) in [5, 5.41) is 3.13. The lowest BCUT2D eigenvalue weighted by molar-refractivity contribution is -0.137. The van der Waals surface area contributed by atoms with Gasteiger partial charge in [0.15, 0.2) is 0 Å². The highest BCUT2D eigenvalue weighted by Gasteiger charge is 2.36. The van der Waals surface area contributed by atoms with Crippen molar-refractivity contribution in [2.75, 3.05) is 39.1 Å². The van der Waals surface area contributed by atoms with E-state index in [4.69, 9.17) is 15.0 Å². The van der Waals surface area contributed by atoms with Crippen molar-refractivity contribution in [1.29, 1.82) is 0 Å². The van der Waals surface area contributed by atoms with Crippen molar-refractivity contribution in [1.82, 2.24) is 19.1 Å². The van der Waals surface area contributed by atoms with Crippen LogP contribution in [0.3, 0.4) is 0 Å². The second kappa shape index (κ2) is 9.89. The SMILES string of the molecule is C.CC(C)N1C[C@@H](COP(=O)(C(C)C)N(C)C)O[C@@H](n2cnc3c2NC=NC3N)C1. The number of rotatable bonds is 7. The Morgan fingerprint density at radius 1 is 1.37 bits per heavy atom. The first kappa shape index (κ1) is 25.0. The third-order valence-corrected chi connectivity index (χ3v) is 8.35. The highest BCUT2D eigenvalue weighted by molar-refractivity contribution is 7.57. The van der Waals surface area contributed by atoms with Crippen molar-refractivity contribution >= 4 is 19.7 Å². The van der Waals surface area contributed by atoms with Crippen LogP contribution in [0.15, 0.2) is 11.3 Å². The molecule has 0 radical (unpaired) electrons. The van der Waals surface area contributed by atoms with Gasteiger partial charge in [-0.25, -0.2) is 9.65 Å². The summed E-state index contributed by atoms with van der Waals surface area (Å²) >= 11 is 0. The summed E-state index contributed by atoms with van der Waals surface area (Å²) < 4.78 is 29.2. The predicted octanol–water partition coefficient (Wildman–Crippen LogP) is 2.72. The van der Waals surface area contributed by atoms with Crippen LogP contribution in [0.1, 0.15) is 53.2 Å². The maximum Gasteiger partial charge on any atom is 0.274 e. The van der Waals surface area contributed by atoms with Crippen LogP contribution in [0.5, 0.6) is 0 Å². The van der Waals surface area contributed by atoms with E-state index in [0.717, 1.165) is 5.82 Å². The van der Waals surface area contributed by atoms with E-state index in [0.29, 0.717) is 24.8 Å². The first-order valence-corrected chi connectivity index (χ1v) is 11.7. The molecule has 3 heterocycles. The first-order valence-electron chi connectivity index (χ1n) is 10.1. The van der Waals surface area contributed by atoms with Crippen LogP contribution in [0, 0.1) is 0 Å². The first-order chi connectivity index (χ1) is 13.6. The summed E-state index contributed by atoms with van der Waals surface area (Å²) in [4.78, 5) is 10.9. The van der Waals surface area contributed by atoms with Crippen LogP contribution in [0.4, 0.5) is 5.82 Å². The van der Waals surface area contributed by atoms with Crippen LogP contribution in [0.2, 0.25) is 0 Å². The summed E-state index contributed by atoms with van der Waals surface area (Å²) in [6.07, 6.45) is 2.36. The highest BCUT2D eigenvalue weighted by Crippen LogP contribution is 2.53. The Morgan fingerprint density at radius 3 is 2.67 bits per heavy atom. The number of nitrogens with zero attached hydrogens (tertiary/aromatic N) is 5. The third kappa shape index (κ3) is 4.95. The molecule has 2 aliphatic rings. The number of fused-ring (bicyclic) bond motifs is 1. The van der Waals surface area contributed by atoms with Gasteiger partial charge in [-0.05, 0) is 27.9 Å². The van der Waals surface area contributed by atoms with Gasteiger partial charge in [-0.2, -0.15) is 0 Å². The Balaban J connectivity index is 0.00000320. The second-order valence-electron chi connectivity index (χ2n) is 8.31. The number of ether oxygens (including phenoxy) is 1. The Kier molecular flexibility index (Phi) is 8.23. The number of morpholine rings is 1. The zero-order chi connectivity index (χ0) is 21.3. The van der Waals surface area contributed by atoms with E-state index in [-0.39, 0.29) is 32.0 Å². The number of hydrogen-bond acceptors (Lipinski definition) is 8. The molecular formula is C19H38N7O3P. The molecule has 3 rings (SSSR count). The number of aliphatic imine (C=N–C) groups is 1. The minimum Gasteiger partial charge on any atom is -0.350 e. The molecule has 1 aromatic heterocycles. The van der Waals surface area contributed by atoms with Gasteiger partial charge >= 0.3 is 0 Å². The molecular weight excluding hydrogens is 405 g/mol. The zero-order valence-electron chi connectivity index (χ0n) is 18.1. The van der Waals surface area contributed by atoms with E-state index in [1.165, 1.54) is 0 Å². The number of imidazole rings is 1. The van der Waals surface area contributed by atoms with E-state index >= 15 is 0 Å². The highest BCUT2D eigenvalue weighted by atomic mass is 31.2. The molecule has 1 aromatic rings. The summed E-state index contributed by atoms with van der Waals surface area (Å²) in [6, 6.07) is 0.339. The number of nitrogens with one attached hydrogen (secondary N) is 1. The van der Waals surface area contributed by atoms with Crippen molar-refractivity contribution in [2.45, 2.75) is 65.3 Å². The fraction of sp³-hybridized carbons (Fsp3) is 0.789. The summed E-state index contributed by atoms with van der Waals surface area (Å²) in [6.45, 7) is 9.83. The molecule has 2 aliphatic heterocycles. The number of anilines is 1. The van der Waals surface area contributed by atoms with Gasteiger partial charge in [0.05, 0.1) is 25.4 Å². The van der Waals surface area contributed by atoms with Gasteiger partial charge in [0, 0.05) is 24.8 Å². The lowest BCUT2D eigenvalue weighted by Gasteiger charge is -2.41. The zero-order valence-corrected chi connectivity index (χ0v) is 19.0. The molecule has 30 heavy (non-hydrogen) atoms.